The fourth-order valence-corrected chi connectivity index (χ4v) is 2.28. The lowest BCUT2D eigenvalue weighted by molar-refractivity contribution is -0.151. The molecule has 1 aliphatic heterocycles. The van der Waals surface area contributed by atoms with Crippen molar-refractivity contribution in [3.05, 3.63) is 6.33 Å². The molecule has 0 bridgehead atoms. The molecule has 0 radical (unpaired) electrons. The van der Waals surface area contributed by atoms with E-state index in [2.05, 4.69) is 10.1 Å². The van der Waals surface area contributed by atoms with Gasteiger partial charge in [0.15, 0.2) is 0 Å². The van der Waals surface area contributed by atoms with Crippen molar-refractivity contribution >= 4 is 17.8 Å². The van der Waals surface area contributed by atoms with E-state index in [0.29, 0.717) is 19.7 Å². The second kappa shape index (κ2) is 6.36. The number of carbonyl (C=O) groups is 2. The number of hydrogen-bond donors (Lipinski definition) is 1. The molecule has 2 heterocycles. The third kappa shape index (κ3) is 3.46. The molecule has 2 rings (SSSR count). The topological polar surface area (TPSA) is 103 Å². The number of hydrogen-bond acceptors (Lipinski definition) is 6. The molecule has 1 aromatic rings. The van der Waals surface area contributed by atoms with Crippen molar-refractivity contribution in [3.63, 3.8) is 0 Å². The van der Waals surface area contributed by atoms with Gasteiger partial charge in [0.25, 0.3) is 0 Å². The average molecular weight is 281 g/mol. The largest absolute Gasteiger partial charge is 0.466 e. The number of nitrogens with zero attached hydrogens (tertiary/aromatic N) is 4. The predicted molar refractivity (Wildman–Crippen MR) is 70.4 cm³/mol. The lowest BCUT2D eigenvalue weighted by Crippen LogP contribution is -2.44. The molecule has 0 saturated carbocycles. The molecular formula is C12H19N5O3. The van der Waals surface area contributed by atoms with E-state index in [1.165, 1.54) is 11.0 Å². The summed E-state index contributed by atoms with van der Waals surface area (Å²) in [7, 11) is 0. The number of nitrogens with two attached hydrogens (primary N) is 1. The molecule has 1 aromatic heterocycles. The Labute approximate surface area is 116 Å². The lowest BCUT2D eigenvalue weighted by atomic mass is 9.98. The number of carbonyl (C=O) groups excluding carboxylic acids is 2. The summed E-state index contributed by atoms with van der Waals surface area (Å²) >= 11 is 0. The molecule has 1 unspecified atom stereocenters. The Hall–Kier alpha value is -2.12. The van der Waals surface area contributed by atoms with Gasteiger partial charge < -0.3 is 15.4 Å². The molecule has 2 N–H and O–H groups in total. The number of aromatic nitrogens is 3. The van der Waals surface area contributed by atoms with E-state index in [0.717, 1.165) is 12.8 Å². The number of amides is 1. The van der Waals surface area contributed by atoms with Gasteiger partial charge in [0.2, 0.25) is 11.9 Å². The number of likely N-dealkylation sites (tertiary alicyclic amines) is 1. The molecule has 110 valence electrons. The minimum atomic E-state index is -0.228. The first-order valence-corrected chi connectivity index (χ1v) is 6.69. The molecule has 0 aromatic carbocycles. The zero-order chi connectivity index (χ0) is 14.5. The highest BCUT2D eigenvalue weighted by molar-refractivity contribution is 5.78. The van der Waals surface area contributed by atoms with Gasteiger partial charge in [0.1, 0.15) is 12.9 Å². The van der Waals surface area contributed by atoms with Crippen LogP contribution in [-0.2, 0) is 20.9 Å². The molecule has 1 saturated heterocycles. The fraction of sp³-hybridized carbons (Fsp3) is 0.667. The molecule has 1 aliphatic rings. The molecule has 1 atom stereocenters. The van der Waals surface area contributed by atoms with Crippen LogP contribution in [0.2, 0.25) is 0 Å². The first kappa shape index (κ1) is 14.3. The highest BCUT2D eigenvalue weighted by atomic mass is 16.5. The summed E-state index contributed by atoms with van der Waals surface area (Å²) in [6.45, 7) is 3.28. The first-order chi connectivity index (χ1) is 9.60. The van der Waals surface area contributed by atoms with Crippen LogP contribution in [0.4, 0.5) is 5.95 Å². The van der Waals surface area contributed by atoms with Gasteiger partial charge in [-0.3, -0.25) is 9.59 Å². The monoisotopic (exact) mass is 281 g/mol. The van der Waals surface area contributed by atoms with Gasteiger partial charge in [-0.25, -0.2) is 9.67 Å². The summed E-state index contributed by atoms with van der Waals surface area (Å²) in [6.07, 6.45) is 2.98. The Bertz CT molecular complexity index is 487. The van der Waals surface area contributed by atoms with E-state index in [4.69, 9.17) is 10.5 Å². The van der Waals surface area contributed by atoms with Crippen LogP contribution in [0.15, 0.2) is 6.33 Å². The van der Waals surface area contributed by atoms with E-state index in [-0.39, 0.29) is 30.3 Å². The van der Waals surface area contributed by atoms with Crippen LogP contribution in [0.1, 0.15) is 19.8 Å². The number of nitrogen functional groups attached to an aromatic ring is 1. The number of anilines is 1. The van der Waals surface area contributed by atoms with Crippen LogP contribution in [0.25, 0.3) is 0 Å². The van der Waals surface area contributed by atoms with Crippen molar-refractivity contribution in [2.24, 2.45) is 5.92 Å². The number of ether oxygens (including phenoxy) is 1. The summed E-state index contributed by atoms with van der Waals surface area (Å²) < 4.78 is 6.40. The molecule has 1 fully saturated rings. The third-order valence-corrected chi connectivity index (χ3v) is 3.25. The van der Waals surface area contributed by atoms with Crippen molar-refractivity contribution in [2.75, 3.05) is 25.4 Å². The van der Waals surface area contributed by atoms with Gasteiger partial charge in [-0.2, -0.15) is 0 Å². The molecule has 8 heteroatoms. The Balaban J connectivity index is 1.91. The molecule has 0 spiro atoms. The normalized spacial score (nSPS) is 18.9. The Morgan fingerprint density at radius 2 is 2.35 bits per heavy atom. The van der Waals surface area contributed by atoms with Crippen molar-refractivity contribution in [1.29, 1.82) is 0 Å². The number of rotatable bonds is 4. The van der Waals surface area contributed by atoms with Gasteiger partial charge in [-0.1, -0.05) is 0 Å². The summed E-state index contributed by atoms with van der Waals surface area (Å²) in [5, 5.41) is 3.87. The standard InChI is InChI=1S/C12H19N5O3/c1-2-20-11(19)9-4-3-5-16(6-9)10(18)7-17-8-14-12(13)15-17/h8-9H,2-7H2,1H3,(H2,13,15). The van der Waals surface area contributed by atoms with Crippen LogP contribution in [0, 0.1) is 5.92 Å². The van der Waals surface area contributed by atoms with Gasteiger partial charge in [-0.05, 0) is 19.8 Å². The first-order valence-electron chi connectivity index (χ1n) is 6.69. The van der Waals surface area contributed by atoms with Crippen LogP contribution in [-0.4, -0.2) is 51.2 Å². The fourth-order valence-electron chi connectivity index (χ4n) is 2.28. The maximum absolute atomic E-state index is 12.1. The second-order valence-electron chi connectivity index (χ2n) is 4.73. The van der Waals surface area contributed by atoms with E-state index in [9.17, 15) is 9.59 Å². The average Bonchev–Trinajstić information content (AvgIpc) is 2.84. The van der Waals surface area contributed by atoms with Crippen LogP contribution >= 0.6 is 0 Å². The van der Waals surface area contributed by atoms with Crippen LogP contribution in [0.3, 0.4) is 0 Å². The van der Waals surface area contributed by atoms with Crippen molar-refractivity contribution in [3.8, 4) is 0 Å². The van der Waals surface area contributed by atoms with Gasteiger partial charge in [0.05, 0.1) is 12.5 Å². The Morgan fingerprint density at radius 1 is 1.55 bits per heavy atom. The van der Waals surface area contributed by atoms with E-state index in [1.807, 2.05) is 0 Å². The minimum absolute atomic E-state index is 0.0831. The highest BCUT2D eigenvalue weighted by Gasteiger charge is 2.29. The van der Waals surface area contributed by atoms with Gasteiger partial charge in [-0.15, -0.1) is 5.10 Å². The molecule has 20 heavy (non-hydrogen) atoms. The van der Waals surface area contributed by atoms with Crippen molar-refractivity contribution in [1.82, 2.24) is 19.7 Å². The third-order valence-electron chi connectivity index (χ3n) is 3.25. The summed E-state index contributed by atoms with van der Waals surface area (Å²) in [6, 6.07) is 0. The number of piperidine rings is 1. The SMILES string of the molecule is CCOC(=O)C1CCCN(C(=O)Cn2cnc(N)n2)C1. The summed E-state index contributed by atoms with van der Waals surface area (Å²) in [5.74, 6) is -0.409. The van der Waals surface area contributed by atoms with Crippen LogP contribution in [0.5, 0.6) is 0 Å². The molecule has 8 nitrogen and oxygen atoms in total. The maximum Gasteiger partial charge on any atom is 0.310 e. The molecular weight excluding hydrogens is 262 g/mol. The molecule has 0 aliphatic carbocycles. The maximum atomic E-state index is 12.1. The van der Waals surface area contributed by atoms with E-state index >= 15 is 0 Å². The van der Waals surface area contributed by atoms with Crippen molar-refractivity contribution < 1.29 is 14.3 Å². The zero-order valence-corrected chi connectivity index (χ0v) is 11.5. The predicted octanol–water partition coefficient (Wildman–Crippen LogP) is -0.338. The number of esters is 1. The second-order valence-corrected chi connectivity index (χ2v) is 4.73. The van der Waals surface area contributed by atoms with Crippen LogP contribution < -0.4 is 5.73 Å². The van der Waals surface area contributed by atoms with E-state index < -0.39 is 0 Å². The smallest absolute Gasteiger partial charge is 0.310 e. The minimum Gasteiger partial charge on any atom is -0.466 e. The summed E-state index contributed by atoms with van der Waals surface area (Å²) in [5.41, 5.74) is 5.40. The van der Waals surface area contributed by atoms with Gasteiger partial charge >= 0.3 is 5.97 Å². The quantitative estimate of drug-likeness (QED) is 0.757. The highest BCUT2D eigenvalue weighted by Crippen LogP contribution is 2.18. The zero-order valence-electron chi connectivity index (χ0n) is 11.5. The lowest BCUT2D eigenvalue weighted by Gasteiger charge is -2.31. The van der Waals surface area contributed by atoms with Gasteiger partial charge in [0, 0.05) is 13.1 Å². The van der Waals surface area contributed by atoms with E-state index in [1.54, 1.807) is 11.8 Å². The molecule has 1 amide bonds. The van der Waals surface area contributed by atoms with Crippen molar-refractivity contribution in [2.45, 2.75) is 26.3 Å². The summed E-state index contributed by atoms with van der Waals surface area (Å²) in [4.78, 5) is 29.3. The Morgan fingerprint density at radius 3 is 3.00 bits per heavy atom. The Kier molecular flexibility index (Phi) is 4.54.